The van der Waals surface area contributed by atoms with Crippen molar-refractivity contribution in [3.8, 4) is 0 Å². The Morgan fingerprint density at radius 1 is 1.06 bits per heavy atom. The van der Waals surface area contributed by atoms with Gasteiger partial charge in [0.15, 0.2) is 0 Å². The molecular weight excluding hydrogens is 232 g/mol. The predicted molar refractivity (Wildman–Crippen MR) is 71.5 cm³/mol. The van der Waals surface area contributed by atoms with Crippen molar-refractivity contribution >= 4 is 0 Å². The Hall–Kier alpha value is -0.960. The van der Waals surface area contributed by atoms with Gasteiger partial charge in [0.05, 0.1) is 0 Å². The maximum absolute atomic E-state index is 13.5. The third-order valence-corrected chi connectivity index (χ3v) is 3.16. The van der Waals surface area contributed by atoms with Gasteiger partial charge in [-0.1, -0.05) is 38.7 Å². The van der Waals surface area contributed by atoms with E-state index in [2.05, 4.69) is 12.2 Å². The fourth-order valence-corrected chi connectivity index (χ4v) is 2.07. The van der Waals surface area contributed by atoms with E-state index in [0.29, 0.717) is 0 Å². The number of nitrogens with one attached hydrogen (secondary N) is 1. The van der Waals surface area contributed by atoms with Crippen LogP contribution in [-0.2, 0) is 0 Å². The van der Waals surface area contributed by atoms with Crippen LogP contribution in [0, 0.1) is 11.6 Å². The van der Waals surface area contributed by atoms with E-state index in [9.17, 15) is 8.78 Å². The second-order valence-corrected chi connectivity index (χ2v) is 4.73. The molecule has 0 fully saturated rings. The van der Waals surface area contributed by atoms with Gasteiger partial charge >= 0.3 is 0 Å². The van der Waals surface area contributed by atoms with Gasteiger partial charge in [0.2, 0.25) is 0 Å². The minimum absolute atomic E-state index is 0.144. The zero-order chi connectivity index (χ0) is 13.4. The van der Waals surface area contributed by atoms with Gasteiger partial charge in [-0.2, -0.15) is 0 Å². The van der Waals surface area contributed by atoms with Crippen molar-refractivity contribution in [3.63, 3.8) is 0 Å². The number of hydrogen-bond acceptors (Lipinski definition) is 1. The maximum Gasteiger partial charge on any atom is 0.130 e. The second kappa shape index (κ2) is 8.20. The molecule has 1 nitrogen and oxygen atoms in total. The highest BCUT2D eigenvalue weighted by Gasteiger charge is 2.14. The van der Waals surface area contributed by atoms with E-state index in [1.165, 1.54) is 43.9 Å². The molecule has 1 unspecified atom stereocenters. The Labute approximate surface area is 109 Å². The monoisotopic (exact) mass is 255 g/mol. The lowest BCUT2D eigenvalue weighted by Crippen LogP contribution is -2.21. The summed E-state index contributed by atoms with van der Waals surface area (Å²) >= 11 is 0. The Morgan fingerprint density at radius 3 is 2.28 bits per heavy atom. The molecule has 18 heavy (non-hydrogen) atoms. The maximum atomic E-state index is 13.5. The molecule has 1 aromatic carbocycles. The number of hydrogen-bond donors (Lipinski definition) is 1. The smallest absolute Gasteiger partial charge is 0.130 e. The third-order valence-electron chi connectivity index (χ3n) is 3.16. The highest BCUT2D eigenvalue weighted by Crippen LogP contribution is 2.20. The fourth-order valence-electron chi connectivity index (χ4n) is 2.07. The SMILES string of the molecule is CCCCCCCNC(C)c1c(F)cccc1F. The first kappa shape index (κ1) is 15.1. The summed E-state index contributed by atoms with van der Waals surface area (Å²) in [7, 11) is 0. The van der Waals surface area contributed by atoms with Crippen molar-refractivity contribution in [2.45, 2.75) is 52.0 Å². The minimum Gasteiger partial charge on any atom is -0.310 e. The van der Waals surface area contributed by atoms with Crippen LogP contribution >= 0.6 is 0 Å². The molecule has 3 heteroatoms. The van der Waals surface area contributed by atoms with Gasteiger partial charge in [-0.15, -0.1) is 0 Å². The molecule has 1 rings (SSSR count). The van der Waals surface area contributed by atoms with Crippen molar-refractivity contribution in [2.75, 3.05) is 6.54 Å². The summed E-state index contributed by atoms with van der Waals surface area (Å²) in [6.45, 7) is 4.79. The molecule has 1 N–H and O–H groups in total. The molecule has 0 aliphatic carbocycles. The van der Waals surface area contributed by atoms with Gasteiger partial charge in [-0.3, -0.25) is 0 Å². The number of unbranched alkanes of at least 4 members (excludes halogenated alkanes) is 4. The van der Waals surface area contributed by atoms with Crippen LogP contribution in [0.4, 0.5) is 8.78 Å². The second-order valence-electron chi connectivity index (χ2n) is 4.73. The highest BCUT2D eigenvalue weighted by molar-refractivity contribution is 5.22. The van der Waals surface area contributed by atoms with E-state index < -0.39 is 11.6 Å². The van der Waals surface area contributed by atoms with Gasteiger partial charge < -0.3 is 5.32 Å². The lowest BCUT2D eigenvalue weighted by Gasteiger charge is -2.15. The average Bonchev–Trinajstić information content (AvgIpc) is 2.33. The van der Waals surface area contributed by atoms with Crippen LogP contribution in [0.15, 0.2) is 18.2 Å². The normalized spacial score (nSPS) is 12.7. The molecule has 0 aliphatic heterocycles. The molecule has 1 atom stereocenters. The van der Waals surface area contributed by atoms with Crippen molar-refractivity contribution in [1.82, 2.24) is 5.32 Å². The molecule has 0 saturated carbocycles. The van der Waals surface area contributed by atoms with Gasteiger partial charge in [-0.25, -0.2) is 8.78 Å². The average molecular weight is 255 g/mol. The van der Waals surface area contributed by atoms with Gasteiger partial charge in [0, 0.05) is 11.6 Å². The Kier molecular flexibility index (Phi) is 6.88. The summed E-state index contributed by atoms with van der Waals surface area (Å²) in [5.41, 5.74) is 0.144. The fraction of sp³-hybridized carbons (Fsp3) is 0.600. The lowest BCUT2D eigenvalue weighted by molar-refractivity contribution is 0.477. The summed E-state index contributed by atoms with van der Waals surface area (Å²) in [5.74, 6) is -0.943. The molecule has 0 heterocycles. The van der Waals surface area contributed by atoms with Crippen LogP contribution in [0.25, 0.3) is 0 Å². The molecule has 0 aromatic heterocycles. The van der Waals surface area contributed by atoms with E-state index in [0.717, 1.165) is 13.0 Å². The molecule has 1 aromatic rings. The summed E-state index contributed by atoms with van der Waals surface area (Å²) < 4.78 is 27.0. The van der Waals surface area contributed by atoms with E-state index in [1.807, 2.05) is 0 Å². The minimum atomic E-state index is -0.471. The Balaban J connectivity index is 2.34. The van der Waals surface area contributed by atoms with Gasteiger partial charge in [-0.05, 0) is 32.0 Å². The lowest BCUT2D eigenvalue weighted by atomic mass is 10.1. The van der Waals surface area contributed by atoms with Crippen LogP contribution in [0.3, 0.4) is 0 Å². The summed E-state index contributed by atoms with van der Waals surface area (Å²) in [4.78, 5) is 0. The van der Waals surface area contributed by atoms with E-state index in [4.69, 9.17) is 0 Å². The quantitative estimate of drug-likeness (QED) is 0.670. The van der Waals surface area contributed by atoms with Crippen molar-refractivity contribution in [2.24, 2.45) is 0 Å². The molecule has 0 amide bonds. The third kappa shape index (κ3) is 4.73. The first-order chi connectivity index (χ1) is 8.66. The van der Waals surface area contributed by atoms with Crippen LogP contribution in [0.1, 0.15) is 57.6 Å². The molecule has 0 saturated heterocycles. The highest BCUT2D eigenvalue weighted by atomic mass is 19.1. The molecule has 0 radical (unpaired) electrons. The zero-order valence-electron chi connectivity index (χ0n) is 11.3. The van der Waals surface area contributed by atoms with Crippen molar-refractivity contribution in [1.29, 1.82) is 0 Å². The topological polar surface area (TPSA) is 12.0 Å². The van der Waals surface area contributed by atoms with Crippen LogP contribution in [-0.4, -0.2) is 6.54 Å². The molecule has 0 spiro atoms. The number of rotatable bonds is 8. The zero-order valence-corrected chi connectivity index (χ0v) is 11.3. The first-order valence-corrected chi connectivity index (χ1v) is 6.84. The molecule has 102 valence electrons. The van der Waals surface area contributed by atoms with E-state index in [-0.39, 0.29) is 11.6 Å². The molecular formula is C15H23F2N. The van der Waals surface area contributed by atoms with E-state index in [1.54, 1.807) is 6.92 Å². The van der Waals surface area contributed by atoms with Gasteiger partial charge in [0.1, 0.15) is 11.6 Å². The summed E-state index contributed by atoms with van der Waals surface area (Å²) in [6, 6.07) is 3.72. The Bertz CT molecular complexity index is 332. The standard InChI is InChI=1S/C15H23F2N/c1-3-4-5-6-7-11-18-12(2)15-13(16)9-8-10-14(15)17/h8-10,12,18H,3-7,11H2,1-2H3. The van der Waals surface area contributed by atoms with Crippen LogP contribution in [0.2, 0.25) is 0 Å². The molecule has 0 bridgehead atoms. The number of benzene rings is 1. The summed E-state index contributed by atoms with van der Waals surface area (Å²) in [5, 5.41) is 3.18. The Morgan fingerprint density at radius 2 is 1.67 bits per heavy atom. The van der Waals surface area contributed by atoms with E-state index >= 15 is 0 Å². The first-order valence-electron chi connectivity index (χ1n) is 6.84. The van der Waals surface area contributed by atoms with Crippen molar-refractivity contribution in [3.05, 3.63) is 35.4 Å². The number of halogens is 2. The van der Waals surface area contributed by atoms with Crippen molar-refractivity contribution < 1.29 is 8.78 Å². The van der Waals surface area contributed by atoms with Gasteiger partial charge in [0.25, 0.3) is 0 Å². The molecule has 0 aliphatic rings. The summed E-state index contributed by atoms with van der Waals surface area (Å²) in [6.07, 6.45) is 5.95. The predicted octanol–water partition coefficient (Wildman–Crippen LogP) is 4.59. The van der Waals surface area contributed by atoms with Crippen LogP contribution < -0.4 is 5.32 Å². The van der Waals surface area contributed by atoms with Crippen LogP contribution in [0.5, 0.6) is 0 Å². The largest absolute Gasteiger partial charge is 0.310 e.